The first-order valence-electron chi connectivity index (χ1n) is 6.39. The van der Waals surface area contributed by atoms with E-state index in [2.05, 4.69) is 4.98 Å². The lowest BCUT2D eigenvalue weighted by Gasteiger charge is -2.20. The Morgan fingerprint density at radius 2 is 2.00 bits per heavy atom. The Morgan fingerprint density at radius 1 is 1.35 bits per heavy atom. The normalized spacial score (nSPS) is 11.0. The van der Waals surface area contributed by atoms with Crippen molar-refractivity contribution in [2.45, 2.75) is 39.2 Å². The summed E-state index contributed by atoms with van der Waals surface area (Å²) in [4.78, 5) is 28.8. The van der Waals surface area contributed by atoms with E-state index in [4.69, 9.17) is 10.5 Å². The number of nitrogen functional groups attached to an aromatic ring is 1. The summed E-state index contributed by atoms with van der Waals surface area (Å²) >= 11 is 0. The van der Waals surface area contributed by atoms with Crippen LogP contribution in [-0.2, 0) is 14.3 Å². The van der Waals surface area contributed by atoms with Crippen molar-refractivity contribution in [3.63, 3.8) is 0 Å². The molecular formula is C14H21N3O3. The summed E-state index contributed by atoms with van der Waals surface area (Å²) in [5, 5.41) is 0. The number of amides is 1. The molecule has 1 rings (SSSR count). The maximum absolute atomic E-state index is 12.0. The van der Waals surface area contributed by atoms with Crippen LogP contribution in [0.3, 0.4) is 0 Å². The van der Waals surface area contributed by atoms with E-state index in [1.165, 1.54) is 11.1 Å². The summed E-state index contributed by atoms with van der Waals surface area (Å²) in [5.41, 5.74) is 5.67. The molecule has 0 atom stereocenters. The zero-order valence-electron chi connectivity index (χ0n) is 12.3. The minimum atomic E-state index is -0.536. The van der Waals surface area contributed by atoms with Crippen LogP contribution in [0.15, 0.2) is 18.3 Å². The first kappa shape index (κ1) is 15.9. The molecule has 1 aromatic heterocycles. The molecule has 0 aliphatic carbocycles. The third-order valence-corrected chi connectivity index (χ3v) is 2.49. The number of nitrogens with zero attached hydrogens (tertiary/aromatic N) is 2. The van der Waals surface area contributed by atoms with E-state index in [-0.39, 0.29) is 24.7 Å². The van der Waals surface area contributed by atoms with Gasteiger partial charge in [0.1, 0.15) is 11.4 Å². The van der Waals surface area contributed by atoms with Crippen LogP contribution >= 0.6 is 0 Å². The second-order valence-electron chi connectivity index (χ2n) is 5.48. The quantitative estimate of drug-likeness (QED) is 0.849. The van der Waals surface area contributed by atoms with E-state index in [9.17, 15) is 9.59 Å². The van der Waals surface area contributed by atoms with Crippen molar-refractivity contribution in [3.05, 3.63) is 18.3 Å². The molecule has 110 valence electrons. The van der Waals surface area contributed by atoms with Crippen molar-refractivity contribution < 1.29 is 14.3 Å². The fourth-order valence-electron chi connectivity index (χ4n) is 1.56. The minimum absolute atomic E-state index is 0.0566. The van der Waals surface area contributed by atoms with Gasteiger partial charge in [-0.15, -0.1) is 0 Å². The monoisotopic (exact) mass is 279 g/mol. The molecule has 0 saturated heterocycles. The Kier molecular flexibility index (Phi) is 5.07. The van der Waals surface area contributed by atoms with E-state index < -0.39 is 5.60 Å². The predicted molar refractivity (Wildman–Crippen MR) is 77.1 cm³/mol. The Balaban J connectivity index is 2.53. The highest BCUT2D eigenvalue weighted by Crippen LogP contribution is 2.16. The average Bonchev–Trinajstić information content (AvgIpc) is 2.33. The third kappa shape index (κ3) is 5.26. The van der Waals surface area contributed by atoms with Gasteiger partial charge in [0.25, 0.3) is 0 Å². The zero-order chi connectivity index (χ0) is 15.3. The fourth-order valence-corrected chi connectivity index (χ4v) is 1.56. The molecule has 20 heavy (non-hydrogen) atoms. The van der Waals surface area contributed by atoms with E-state index in [0.29, 0.717) is 11.5 Å². The summed E-state index contributed by atoms with van der Waals surface area (Å²) in [6.45, 7) is 5.37. The molecule has 0 aliphatic rings. The predicted octanol–water partition coefficient (Wildman–Crippen LogP) is 1.75. The molecule has 1 aromatic rings. The molecule has 0 radical (unpaired) electrons. The highest BCUT2D eigenvalue weighted by Gasteiger charge is 2.18. The summed E-state index contributed by atoms with van der Waals surface area (Å²) in [7, 11) is 1.63. The molecule has 0 spiro atoms. The number of carbonyl (C=O) groups is 2. The zero-order valence-corrected chi connectivity index (χ0v) is 12.3. The molecule has 0 aromatic carbocycles. The van der Waals surface area contributed by atoms with Gasteiger partial charge >= 0.3 is 5.97 Å². The average molecular weight is 279 g/mol. The fraction of sp³-hybridized carbons (Fsp3) is 0.500. The van der Waals surface area contributed by atoms with Gasteiger partial charge in [-0.3, -0.25) is 9.59 Å². The van der Waals surface area contributed by atoms with E-state index in [1.54, 1.807) is 40.0 Å². The van der Waals surface area contributed by atoms with Crippen molar-refractivity contribution in [1.82, 2.24) is 4.98 Å². The van der Waals surface area contributed by atoms with Gasteiger partial charge in [-0.1, -0.05) is 0 Å². The number of esters is 1. The maximum Gasteiger partial charge on any atom is 0.306 e. The molecule has 6 nitrogen and oxygen atoms in total. The number of hydrogen-bond acceptors (Lipinski definition) is 5. The van der Waals surface area contributed by atoms with E-state index >= 15 is 0 Å². The first-order valence-corrected chi connectivity index (χ1v) is 6.39. The van der Waals surface area contributed by atoms with Crippen LogP contribution in [0.1, 0.15) is 33.6 Å². The lowest BCUT2D eigenvalue weighted by atomic mass is 10.2. The van der Waals surface area contributed by atoms with Crippen LogP contribution in [0.25, 0.3) is 0 Å². The number of pyridine rings is 1. The van der Waals surface area contributed by atoms with Crippen molar-refractivity contribution >= 4 is 23.4 Å². The second-order valence-corrected chi connectivity index (χ2v) is 5.48. The lowest BCUT2D eigenvalue weighted by Crippen LogP contribution is -2.28. The SMILES string of the molecule is CN(C(=O)CCC(=O)OC(C)(C)C)c1ccnc(N)c1. The number of rotatable bonds is 4. The van der Waals surface area contributed by atoms with Crippen molar-refractivity contribution in [2.75, 3.05) is 17.7 Å². The van der Waals surface area contributed by atoms with Gasteiger partial charge in [-0.25, -0.2) is 4.98 Å². The lowest BCUT2D eigenvalue weighted by molar-refractivity contribution is -0.155. The largest absolute Gasteiger partial charge is 0.460 e. The van der Waals surface area contributed by atoms with Crippen LogP contribution in [0.2, 0.25) is 0 Å². The number of nitrogens with two attached hydrogens (primary N) is 1. The summed E-state index contributed by atoms with van der Waals surface area (Å²) in [6, 6.07) is 3.28. The van der Waals surface area contributed by atoms with Gasteiger partial charge in [0.15, 0.2) is 0 Å². The molecule has 0 bridgehead atoms. The third-order valence-electron chi connectivity index (χ3n) is 2.49. The topological polar surface area (TPSA) is 85.5 Å². The van der Waals surface area contributed by atoms with Gasteiger partial charge in [-0.2, -0.15) is 0 Å². The number of carbonyl (C=O) groups excluding carboxylic acids is 2. The van der Waals surface area contributed by atoms with Crippen LogP contribution < -0.4 is 10.6 Å². The Labute approximate surface area is 118 Å². The van der Waals surface area contributed by atoms with Gasteiger partial charge in [0, 0.05) is 31.4 Å². The molecule has 0 aliphatic heterocycles. The molecule has 1 amide bonds. The first-order chi connectivity index (χ1) is 9.19. The summed E-state index contributed by atoms with van der Waals surface area (Å²) < 4.78 is 5.15. The Morgan fingerprint density at radius 3 is 2.55 bits per heavy atom. The Bertz CT molecular complexity index is 495. The number of hydrogen-bond donors (Lipinski definition) is 1. The van der Waals surface area contributed by atoms with Crippen molar-refractivity contribution in [1.29, 1.82) is 0 Å². The van der Waals surface area contributed by atoms with Gasteiger partial charge in [0.05, 0.1) is 6.42 Å². The number of ether oxygens (including phenoxy) is 1. The van der Waals surface area contributed by atoms with Gasteiger partial charge < -0.3 is 15.4 Å². The molecular weight excluding hydrogens is 258 g/mol. The van der Waals surface area contributed by atoms with Crippen molar-refractivity contribution in [3.8, 4) is 0 Å². The van der Waals surface area contributed by atoms with Gasteiger partial charge in [-0.05, 0) is 26.8 Å². The second kappa shape index (κ2) is 6.36. The molecule has 0 saturated carbocycles. The minimum Gasteiger partial charge on any atom is -0.460 e. The standard InChI is InChI=1S/C14H21N3O3/c1-14(2,3)20-13(19)6-5-12(18)17(4)10-7-8-16-11(15)9-10/h7-9H,5-6H2,1-4H3,(H2,15,16). The van der Waals surface area contributed by atoms with Crippen molar-refractivity contribution in [2.24, 2.45) is 0 Å². The summed E-state index contributed by atoms with van der Waals surface area (Å²) in [6.07, 6.45) is 1.68. The maximum atomic E-state index is 12.0. The van der Waals surface area contributed by atoms with Crippen LogP contribution in [0.5, 0.6) is 0 Å². The number of anilines is 2. The van der Waals surface area contributed by atoms with Gasteiger partial charge in [0.2, 0.25) is 5.91 Å². The molecule has 0 fully saturated rings. The number of aromatic nitrogens is 1. The summed E-state index contributed by atoms with van der Waals surface area (Å²) in [5.74, 6) is -0.218. The Hall–Kier alpha value is -2.11. The highest BCUT2D eigenvalue weighted by molar-refractivity contribution is 5.94. The molecule has 0 unspecified atom stereocenters. The smallest absolute Gasteiger partial charge is 0.306 e. The van der Waals surface area contributed by atoms with Crippen LogP contribution in [0, 0.1) is 0 Å². The molecule has 6 heteroatoms. The molecule has 2 N–H and O–H groups in total. The highest BCUT2D eigenvalue weighted by atomic mass is 16.6. The van der Waals surface area contributed by atoms with Crippen LogP contribution in [-0.4, -0.2) is 29.5 Å². The van der Waals surface area contributed by atoms with Crippen LogP contribution in [0.4, 0.5) is 11.5 Å². The molecule has 1 heterocycles. The van der Waals surface area contributed by atoms with E-state index in [1.807, 2.05) is 0 Å². The van der Waals surface area contributed by atoms with E-state index in [0.717, 1.165) is 0 Å².